The first-order valence-corrected chi connectivity index (χ1v) is 13.1. The fourth-order valence-corrected chi connectivity index (χ4v) is 5.19. The summed E-state index contributed by atoms with van der Waals surface area (Å²) in [6.07, 6.45) is 1.15. The molecule has 186 valence electrons. The Morgan fingerprint density at radius 3 is 2.51 bits per heavy atom. The topological polar surface area (TPSA) is 61.8 Å². The Morgan fingerprint density at radius 2 is 1.80 bits per heavy atom. The summed E-state index contributed by atoms with van der Waals surface area (Å²) in [5.74, 6) is 1.85. The molecule has 8 heteroatoms. The second kappa shape index (κ2) is 12.1. The van der Waals surface area contributed by atoms with Crippen molar-refractivity contribution in [3.63, 3.8) is 0 Å². The second-order valence-corrected chi connectivity index (χ2v) is 9.93. The van der Waals surface area contributed by atoms with E-state index in [0.29, 0.717) is 19.4 Å². The van der Waals surface area contributed by atoms with Crippen molar-refractivity contribution in [1.82, 2.24) is 19.2 Å². The van der Waals surface area contributed by atoms with Crippen molar-refractivity contribution in [3.05, 3.63) is 71.5 Å². The molecule has 1 fully saturated rings. The molecule has 3 aromatic rings. The lowest BCUT2D eigenvalue weighted by Crippen LogP contribution is -2.49. The molecule has 0 atom stereocenters. The Labute approximate surface area is 212 Å². The molecule has 2 heterocycles. The van der Waals surface area contributed by atoms with Gasteiger partial charge in [-0.25, -0.2) is 4.98 Å². The van der Waals surface area contributed by atoms with Crippen LogP contribution in [0.5, 0.6) is 5.75 Å². The van der Waals surface area contributed by atoms with Crippen LogP contribution in [0.1, 0.15) is 37.2 Å². The highest BCUT2D eigenvalue weighted by Gasteiger charge is 2.23. The number of amides is 1. The van der Waals surface area contributed by atoms with Gasteiger partial charge in [-0.05, 0) is 37.1 Å². The highest BCUT2D eigenvalue weighted by atomic mass is 32.1. The van der Waals surface area contributed by atoms with Crippen molar-refractivity contribution >= 4 is 22.6 Å². The van der Waals surface area contributed by atoms with Gasteiger partial charge in [-0.3, -0.25) is 9.69 Å². The summed E-state index contributed by atoms with van der Waals surface area (Å²) in [6.45, 7) is 9.27. The van der Waals surface area contributed by atoms with Crippen molar-refractivity contribution < 1.29 is 9.53 Å². The summed E-state index contributed by atoms with van der Waals surface area (Å²) in [5, 5.41) is 0.873. The number of anilines is 1. The highest BCUT2D eigenvalue weighted by Crippen LogP contribution is 2.23. The molecular weight excluding hydrogens is 458 g/mol. The molecule has 1 aliphatic heterocycles. The molecule has 7 nitrogen and oxygen atoms in total. The van der Waals surface area contributed by atoms with Gasteiger partial charge in [-0.15, -0.1) is 0 Å². The Morgan fingerprint density at radius 1 is 1.06 bits per heavy atom. The number of piperazine rings is 1. The van der Waals surface area contributed by atoms with E-state index in [1.165, 1.54) is 17.1 Å². The van der Waals surface area contributed by atoms with Gasteiger partial charge in [0, 0.05) is 69.7 Å². The van der Waals surface area contributed by atoms with Gasteiger partial charge in [0.25, 0.3) is 0 Å². The van der Waals surface area contributed by atoms with Crippen LogP contribution in [-0.4, -0.2) is 70.9 Å². The van der Waals surface area contributed by atoms with Crippen molar-refractivity contribution in [2.24, 2.45) is 0 Å². The molecule has 35 heavy (non-hydrogen) atoms. The van der Waals surface area contributed by atoms with Gasteiger partial charge >= 0.3 is 0 Å². The van der Waals surface area contributed by atoms with Crippen LogP contribution in [0.2, 0.25) is 0 Å². The van der Waals surface area contributed by atoms with E-state index in [-0.39, 0.29) is 11.9 Å². The standard InChI is InChI=1S/C27H35N5O2S/c1-21(2)32(27-28-25(29-35-27)19-23-10-7-11-24(18-23)34-3)13-12-26(33)31-16-14-30(15-17-31)20-22-8-5-4-6-9-22/h4-11,18,21H,12-17,19-20H2,1-3H3. The molecule has 1 saturated heterocycles. The number of carbonyl (C=O) groups is 1. The first-order valence-electron chi connectivity index (χ1n) is 12.3. The number of hydrogen-bond acceptors (Lipinski definition) is 7. The summed E-state index contributed by atoms with van der Waals surface area (Å²) in [7, 11) is 1.67. The van der Waals surface area contributed by atoms with Gasteiger partial charge < -0.3 is 14.5 Å². The average molecular weight is 494 g/mol. The van der Waals surface area contributed by atoms with Crippen LogP contribution in [-0.2, 0) is 17.8 Å². The Bertz CT molecular complexity index is 1080. The smallest absolute Gasteiger partial charge is 0.224 e. The van der Waals surface area contributed by atoms with E-state index in [4.69, 9.17) is 9.72 Å². The van der Waals surface area contributed by atoms with Crippen LogP contribution in [0.4, 0.5) is 5.13 Å². The fraction of sp³-hybridized carbons (Fsp3) is 0.444. The lowest BCUT2D eigenvalue weighted by atomic mass is 10.1. The Balaban J connectivity index is 1.28. The third-order valence-corrected chi connectivity index (χ3v) is 7.15. The van der Waals surface area contributed by atoms with Gasteiger partial charge in [0.15, 0.2) is 0 Å². The van der Waals surface area contributed by atoms with Gasteiger partial charge in [-0.1, -0.05) is 42.5 Å². The number of nitrogens with zero attached hydrogens (tertiary/aromatic N) is 5. The predicted molar refractivity (Wildman–Crippen MR) is 141 cm³/mol. The first kappa shape index (κ1) is 25.1. The van der Waals surface area contributed by atoms with Crippen LogP contribution in [0.25, 0.3) is 0 Å². The summed E-state index contributed by atoms with van der Waals surface area (Å²) in [4.78, 5) is 24.4. The fourth-order valence-electron chi connectivity index (χ4n) is 4.34. The molecule has 0 aliphatic carbocycles. The number of hydrogen-bond donors (Lipinski definition) is 0. The molecule has 4 rings (SSSR count). The molecular formula is C27H35N5O2S. The number of benzene rings is 2. The van der Waals surface area contributed by atoms with E-state index in [1.54, 1.807) is 7.11 Å². The third kappa shape index (κ3) is 7.02. The van der Waals surface area contributed by atoms with Crippen molar-refractivity contribution in [1.29, 1.82) is 0 Å². The van der Waals surface area contributed by atoms with Gasteiger partial charge in [0.05, 0.1) is 7.11 Å². The van der Waals surface area contributed by atoms with Crippen molar-refractivity contribution in [3.8, 4) is 5.75 Å². The monoisotopic (exact) mass is 493 g/mol. The van der Waals surface area contributed by atoms with E-state index in [0.717, 1.165) is 55.0 Å². The van der Waals surface area contributed by atoms with Crippen LogP contribution in [0.3, 0.4) is 0 Å². The lowest BCUT2D eigenvalue weighted by Gasteiger charge is -2.35. The van der Waals surface area contributed by atoms with Crippen LogP contribution >= 0.6 is 11.5 Å². The Kier molecular flexibility index (Phi) is 8.71. The summed E-state index contributed by atoms with van der Waals surface area (Å²) in [6, 6.07) is 18.7. The lowest BCUT2D eigenvalue weighted by molar-refractivity contribution is -0.132. The van der Waals surface area contributed by atoms with Crippen molar-refractivity contribution in [2.75, 3.05) is 44.7 Å². The first-order chi connectivity index (χ1) is 17.0. The zero-order chi connectivity index (χ0) is 24.6. The zero-order valence-electron chi connectivity index (χ0n) is 20.9. The molecule has 0 saturated carbocycles. The molecule has 1 aliphatic rings. The van der Waals surface area contributed by atoms with Gasteiger partial charge in [-0.2, -0.15) is 4.37 Å². The normalized spacial score (nSPS) is 14.3. The minimum atomic E-state index is 0.219. The number of carbonyl (C=O) groups excluding carboxylic acids is 1. The van der Waals surface area contributed by atoms with Crippen LogP contribution < -0.4 is 9.64 Å². The molecule has 0 radical (unpaired) electrons. The molecule has 0 N–H and O–H groups in total. The largest absolute Gasteiger partial charge is 0.497 e. The summed E-state index contributed by atoms with van der Waals surface area (Å²) in [5.41, 5.74) is 2.44. The van der Waals surface area contributed by atoms with Crippen molar-refractivity contribution in [2.45, 2.75) is 39.3 Å². The third-order valence-electron chi connectivity index (χ3n) is 6.36. The minimum absolute atomic E-state index is 0.219. The SMILES string of the molecule is COc1cccc(Cc2nsc(N(CCC(=O)N3CCN(Cc4ccccc4)CC3)C(C)C)n2)c1. The molecule has 1 aromatic heterocycles. The van der Waals surface area contributed by atoms with E-state index < -0.39 is 0 Å². The number of methoxy groups -OCH3 is 1. The predicted octanol–water partition coefficient (Wildman–Crippen LogP) is 4.09. The van der Waals surface area contributed by atoms with E-state index in [9.17, 15) is 4.79 Å². The van der Waals surface area contributed by atoms with E-state index >= 15 is 0 Å². The highest BCUT2D eigenvalue weighted by molar-refractivity contribution is 7.09. The van der Waals surface area contributed by atoms with Gasteiger partial charge in [0.1, 0.15) is 11.6 Å². The Hall–Kier alpha value is -2.97. The van der Waals surface area contributed by atoms with Crippen LogP contribution in [0.15, 0.2) is 54.6 Å². The van der Waals surface area contributed by atoms with Crippen LogP contribution in [0, 0.1) is 0 Å². The number of aromatic nitrogens is 2. The van der Waals surface area contributed by atoms with E-state index in [1.807, 2.05) is 29.2 Å². The number of rotatable bonds is 10. The molecule has 2 aromatic carbocycles. The molecule has 0 unspecified atom stereocenters. The quantitative estimate of drug-likeness (QED) is 0.424. The maximum absolute atomic E-state index is 13.0. The maximum atomic E-state index is 13.0. The molecule has 0 spiro atoms. The minimum Gasteiger partial charge on any atom is -0.497 e. The average Bonchev–Trinajstić information content (AvgIpc) is 3.33. The number of ether oxygens (including phenoxy) is 1. The maximum Gasteiger partial charge on any atom is 0.224 e. The van der Waals surface area contributed by atoms with Gasteiger partial charge in [0.2, 0.25) is 11.0 Å². The summed E-state index contributed by atoms with van der Waals surface area (Å²) < 4.78 is 9.90. The van der Waals surface area contributed by atoms with E-state index in [2.05, 4.69) is 58.4 Å². The molecule has 0 bridgehead atoms. The molecule has 1 amide bonds. The second-order valence-electron chi connectivity index (χ2n) is 9.20. The zero-order valence-corrected chi connectivity index (χ0v) is 21.7. The summed E-state index contributed by atoms with van der Waals surface area (Å²) >= 11 is 1.41.